The van der Waals surface area contributed by atoms with Gasteiger partial charge in [0.1, 0.15) is 0 Å². The fourth-order valence-electron chi connectivity index (χ4n) is 3.76. The third kappa shape index (κ3) is 2.14. The van der Waals surface area contributed by atoms with Crippen LogP contribution in [0.2, 0.25) is 0 Å². The monoisotopic (exact) mass is 293 g/mol. The van der Waals surface area contributed by atoms with Crippen molar-refractivity contribution in [2.24, 2.45) is 17.8 Å². The number of aliphatic carboxylic acids is 1. The van der Waals surface area contributed by atoms with E-state index in [2.05, 4.69) is 5.32 Å². The number of carboxylic acid groups (broad SMARTS) is 1. The molecule has 0 aliphatic heterocycles. The zero-order valence-corrected chi connectivity index (χ0v) is 12.5. The van der Waals surface area contributed by atoms with Gasteiger partial charge in [-0.15, -0.1) is 11.3 Å². The molecule has 0 aromatic carbocycles. The third-order valence-electron chi connectivity index (χ3n) is 4.89. The highest BCUT2D eigenvalue weighted by Gasteiger charge is 2.51. The molecule has 2 saturated carbocycles. The van der Waals surface area contributed by atoms with Crippen molar-refractivity contribution < 1.29 is 14.7 Å². The lowest BCUT2D eigenvalue weighted by atomic mass is 9.84. The van der Waals surface area contributed by atoms with Crippen LogP contribution in [0.5, 0.6) is 0 Å². The van der Waals surface area contributed by atoms with Crippen molar-refractivity contribution in [1.82, 2.24) is 5.32 Å². The lowest BCUT2D eigenvalue weighted by molar-refractivity contribution is -0.144. The van der Waals surface area contributed by atoms with E-state index in [1.54, 1.807) is 0 Å². The molecule has 5 heteroatoms. The van der Waals surface area contributed by atoms with E-state index >= 15 is 0 Å². The standard InChI is InChI=1S/C15H19NO3S/c1-7-5-11(20-8(7)2)14(17)16-13-10-4-3-9(6-10)12(13)15(18)19/h5,9-10,12-13H,3-4,6H2,1-2H3,(H,16,17)(H,18,19). The number of amides is 1. The molecule has 4 unspecified atom stereocenters. The molecule has 1 aromatic rings. The van der Waals surface area contributed by atoms with E-state index in [4.69, 9.17) is 0 Å². The summed E-state index contributed by atoms with van der Waals surface area (Å²) in [5.41, 5.74) is 1.11. The maximum Gasteiger partial charge on any atom is 0.308 e. The Morgan fingerprint density at radius 1 is 1.30 bits per heavy atom. The Labute approximate surface area is 122 Å². The third-order valence-corrected chi connectivity index (χ3v) is 6.04. The maximum atomic E-state index is 12.3. The van der Waals surface area contributed by atoms with E-state index in [-0.39, 0.29) is 17.9 Å². The van der Waals surface area contributed by atoms with E-state index in [0.717, 1.165) is 29.7 Å². The molecule has 4 atom stereocenters. The highest BCUT2D eigenvalue weighted by molar-refractivity contribution is 7.14. The first kappa shape index (κ1) is 13.6. The summed E-state index contributed by atoms with van der Waals surface area (Å²) < 4.78 is 0. The van der Waals surface area contributed by atoms with Crippen molar-refractivity contribution in [3.05, 3.63) is 21.4 Å². The summed E-state index contributed by atoms with van der Waals surface area (Å²) in [6.45, 7) is 3.98. The highest BCUT2D eigenvalue weighted by atomic mass is 32.1. The van der Waals surface area contributed by atoms with Gasteiger partial charge in [0.25, 0.3) is 5.91 Å². The molecule has 108 valence electrons. The number of rotatable bonds is 3. The molecule has 0 spiro atoms. The number of carbonyl (C=O) groups excluding carboxylic acids is 1. The van der Waals surface area contributed by atoms with Crippen molar-refractivity contribution in [2.45, 2.75) is 39.2 Å². The molecule has 1 aromatic heterocycles. The predicted octanol–water partition coefficient (Wildman–Crippen LogP) is 2.59. The highest BCUT2D eigenvalue weighted by Crippen LogP contribution is 2.48. The molecule has 2 fully saturated rings. The van der Waals surface area contributed by atoms with Crippen LogP contribution < -0.4 is 5.32 Å². The van der Waals surface area contributed by atoms with Gasteiger partial charge in [-0.25, -0.2) is 0 Å². The SMILES string of the molecule is Cc1cc(C(=O)NC2C3CCC(C3)C2C(=O)O)sc1C. The Balaban J connectivity index is 1.76. The predicted molar refractivity (Wildman–Crippen MR) is 77.0 cm³/mol. The van der Waals surface area contributed by atoms with E-state index in [1.165, 1.54) is 11.3 Å². The van der Waals surface area contributed by atoms with Gasteiger partial charge in [0.15, 0.2) is 0 Å². The number of carbonyl (C=O) groups is 2. The first-order valence-electron chi connectivity index (χ1n) is 7.08. The zero-order chi connectivity index (χ0) is 14.4. The van der Waals surface area contributed by atoms with Gasteiger partial charge in [-0.3, -0.25) is 9.59 Å². The zero-order valence-electron chi connectivity index (χ0n) is 11.7. The summed E-state index contributed by atoms with van der Waals surface area (Å²) in [5.74, 6) is -0.697. The van der Waals surface area contributed by atoms with Gasteiger partial charge < -0.3 is 10.4 Å². The molecule has 3 rings (SSSR count). The van der Waals surface area contributed by atoms with E-state index in [0.29, 0.717) is 10.8 Å². The Hall–Kier alpha value is -1.36. The largest absolute Gasteiger partial charge is 0.481 e. The second kappa shape index (κ2) is 4.88. The minimum absolute atomic E-state index is 0.116. The summed E-state index contributed by atoms with van der Waals surface area (Å²) in [6.07, 6.45) is 2.98. The van der Waals surface area contributed by atoms with Gasteiger partial charge in [0.05, 0.1) is 10.8 Å². The van der Waals surface area contributed by atoms with Crippen molar-refractivity contribution in [3.8, 4) is 0 Å². The van der Waals surface area contributed by atoms with E-state index in [1.807, 2.05) is 19.9 Å². The van der Waals surface area contributed by atoms with Crippen molar-refractivity contribution in [2.75, 3.05) is 0 Å². The lowest BCUT2D eigenvalue weighted by Crippen LogP contribution is -2.46. The lowest BCUT2D eigenvalue weighted by Gasteiger charge is -2.28. The summed E-state index contributed by atoms with van der Waals surface area (Å²) in [6, 6.07) is 1.69. The van der Waals surface area contributed by atoms with Gasteiger partial charge in [-0.05, 0) is 56.6 Å². The smallest absolute Gasteiger partial charge is 0.308 e. The van der Waals surface area contributed by atoms with E-state index in [9.17, 15) is 14.7 Å². The molecule has 0 radical (unpaired) electrons. The average molecular weight is 293 g/mol. The summed E-state index contributed by atoms with van der Waals surface area (Å²) in [4.78, 5) is 25.6. The molecule has 2 aliphatic carbocycles. The van der Waals surface area contributed by atoms with Crippen LogP contribution in [0.15, 0.2) is 6.07 Å². The minimum Gasteiger partial charge on any atom is -0.481 e. The number of aryl methyl sites for hydroxylation is 2. The summed E-state index contributed by atoms with van der Waals surface area (Å²) >= 11 is 1.48. The Kier molecular flexibility index (Phi) is 3.32. The number of hydrogen-bond donors (Lipinski definition) is 2. The van der Waals surface area contributed by atoms with Gasteiger partial charge in [-0.1, -0.05) is 0 Å². The first-order valence-corrected chi connectivity index (χ1v) is 7.89. The molecule has 20 heavy (non-hydrogen) atoms. The Bertz CT molecular complexity index is 546. The number of thiophene rings is 1. The molecular formula is C15H19NO3S. The van der Waals surface area contributed by atoms with Gasteiger partial charge in [-0.2, -0.15) is 0 Å². The number of carboxylic acids is 1. The molecule has 1 heterocycles. The van der Waals surface area contributed by atoms with Crippen molar-refractivity contribution in [3.63, 3.8) is 0 Å². The molecule has 2 N–H and O–H groups in total. The molecule has 4 nitrogen and oxygen atoms in total. The van der Waals surface area contributed by atoms with Crippen LogP contribution in [0, 0.1) is 31.6 Å². The molecular weight excluding hydrogens is 274 g/mol. The molecule has 2 bridgehead atoms. The number of nitrogens with one attached hydrogen (secondary N) is 1. The minimum atomic E-state index is -0.763. The molecule has 1 amide bonds. The van der Waals surface area contributed by atoms with E-state index < -0.39 is 11.9 Å². The topological polar surface area (TPSA) is 66.4 Å². The normalized spacial score (nSPS) is 31.5. The second-order valence-corrected chi connectivity index (χ2v) is 7.30. The van der Waals surface area contributed by atoms with Crippen LogP contribution in [0.3, 0.4) is 0 Å². The van der Waals surface area contributed by atoms with Crippen molar-refractivity contribution in [1.29, 1.82) is 0 Å². The Morgan fingerprint density at radius 2 is 2.00 bits per heavy atom. The molecule has 2 aliphatic rings. The summed E-state index contributed by atoms with van der Waals surface area (Å²) in [7, 11) is 0. The second-order valence-electron chi connectivity index (χ2n) is 6.05. The number of hydrogen-bond acceptors (Lipinski definition) is 3. The fraction of sp³-hybridized carbons (Fsp3) is 0.600. The fourth-order valence-corrected chi connectivity index (χ4v) is 4.70. The van der Waals surface area contributed by atoms with Gasteiger partial charge in [0, 0.05) is 10.9 Å². The van der Waals surface area contributed by atoms with Crippen LogP contribution in [0.1, 0.15) is 39.4 Å². The van der Waals surface area contributed by atoms with Crippen LogP contribution in [-0.4, -0.2) is 23.0 Å². The maximum absolute atomic E-state index is 12.3. The van der Waals surface area contributed by atoms with Crippen LogP contribution in [0.4, 0.5) is 0 Å². The van der Waals surface area contributed by atoms with Crippen molar-refractivity contribution >= 4 is 23.2 Å². The van der Waals surface area contributed by atoms with Gasteiger partial charge in [0.2, 0.25) is 0 Å². The molecule has 0 saturated heterocycles. The number of fused-ring (bicyclic) bond motifs is 2. The summed E-state index contributed by atoms with van der Waals surface area (Å²) in [5, 5.41) is 12.4. The quantitative estimate of drug-likeness (QED) is 0.900. The Morgan fingerprint density at radius 3 is 2.60 bits per heavy atom. The van der Waals surface area contributed by atoms with Crippen LogP contribution in [-0.2, 0) is 4.79 Å². The first-order chi connectivity index (χ1) is 9.47. The van der Waals surface area contributed by atoms with Crippen LogP contribution in [0.25, 0.3) is 0 Å². The average Bonchev–Trinajstić information content (AvgIpc) is 3.05. The van der Waals surface area contributed by atoms with Crippen LogP contribution >= 0.6 is 11.3 Å². The van der Waals surface area contributed by atoms with Gasteiger partial charge >= 0.3 is 5.97 Å².